The Hall–Kier alpha value is -2.01. The third-order valence-electron chi connectivity index (χ3n) is 5.44. The summed E-state index contributed by atoms with van der Waals surface area (Å²) in [5, 5.41) is 1.12. The molecule has 2 atom stereocenters. The van der Waals surface area contributed by atoms with Gasteiger partial charge in [-0.15, -0.1) is 0 Å². The fourth-order valence-electron chi connectivity index (χ4n) is 4.31. The minimum absolute atomic E-state index is 0.107. The standard InChI is InChI=1S/C17H18N2O3/c20-14-8-4-10-17(14)9-3-7-13(17)18-19-15(21)11-5-1-2-6-12(11)16(19)22/h1-2,5-6,13,18H,3-4,7-10H2/t13-,17-/m0/s1. The van der Waals surface area contributed by atoms with Crippen molar-refractivity contribution in [3.05, 3.63) is 35.4 Å². The molecule has 1 spiro atoms. The molecule has 1 aliphatic heterocycles. The third kappa shape index (κ3) is 1.72. The molecule has 0 unspecified atom stereocenters. The van der Waals surface area contributed by atoms with Gasteiger partial charge in [-0.25, -0.2) is 10.4 Å². The van der Waals surface area contributed by atoms with Gasteiger partial charge in [-0.2, -0.15) is 0 Å². The summed E-state index contributed by atoms with van der Waals surface area (Å²) in [5.41, 5.74) is 3.61. The van der Waals surface area contributed by atoms with Gasteiger partial charge in [0.15, 0.2) is 0 Å². The number of amides is 2. The smallest absolute Gasteiger partial charge is 0.276 e. The van der Waals surface area contributed by atoms with Gasteiger partial charge in [0.2, 0.25) is 0 Å². The van der Waals surface area contributed by atoms with Gasteiger partial charge >= 0.3 is 0 Å². The van der Waals surface area contributed by atoms with E-state index >= 15 is 0 Å². The lowest BCUT2D eigenvalue weighted by Gasteiger charge is -2.32. The molecule has 1 heterocycles. The fraction of sp³-hybridized carbons (Fsp3) is 0.471. The number of fused-ring (bicyclic) bond motifs is 1. The highest BCUT2D eigenvalue weighted by atomic mass is 16.2. The molecule has 2 aliphatic carbocycles. The zero-order valence-corrected chi connectivity index (χ0v) is 12.3. The molecule has 2 amide bonds. The van der Waals surface area contributed by atoms with E-state index in [1.807, 2.05) is 0 Å². The number of rotatable bonds is 2. The van der Waals surface area contributed by atoms with Crippen molar-refractivity contribution in [3.63, 3.8) is 0 Å². The zero-order valence-electron chi connectivity index (χ0n) is 12.3. The van der Waals surface area contributed by atoms with Crippen molar-refractivity contribution < 1.29 is 14.4 Å². The summed E-state index contributed by atoms with van der Waals surface area (Å²) in [6.45, 7) is 0. The SMILES string of the molecule is O=C1c2ccccc2C(=O)N1N[C@H]1CCC[C@]12CCCC2=O. The van der Waals surface area contributed by atoms with Crippen molar-refractivity contribution in [2.75, 3.05) is 0 Å². The number of benzene rings is 1. The number of hydrogen-bond donors (Lipinski definition) is 1. The van der Waals surface area contributed by atoms with Gasteiger partial charge in [0.05, 0.1) is 11.1 Å². The largest absolute Gasteiger partial charge is 0.299 e. The second-order valence-corrected chi connectivity index (χ2v) is 6.50. The Morgan fingerprint density at radius 3 is 2.23 bits per heavy atom. The van der Waals surface area contributed by atoms with E-state index in [1.54, 1.807) is 24.3 Å². The molecule has 0 bridgehead atoms. The van der Waals surface area contributed by atoms with Crippen LogP contribution in [0, 0.1) is 5.41 Å². The van der Waals surface area contributed by atoms with Crippen LogP contribution in [-0.2, 0) is 4.79 Å². The molecular weight excluding hydrogens is 280 g/mol. The third-order valence-corrected chi connectivity index (χ3v) is 5.44. The summed E-state index contributed by atoms with van der Waals surface area (Å²) >= 11 is 0. The van der Waals surface area contributed by atoms with Crippen LogP contribution in [0.5, 0.6) is 0 Å². The van der Waals surface area contributed by atoms with Gasteiger partial charge < -0.3 is 0 Å². The maximum Gasteiger partial charge on any atom is 0.276 e. The molecule has 1 N–H and O–H groups in total. The predicted molar refractivity (Wildman–Crippen MR) is 79.0 cm³/mol. The highest BCUT2D eigenvalue weighted by Crippen LogP contribution is 2.48. The minimum atomic E-state index is -0.366. The zero-order chi connectivity index (χ0) is 15.3. The number of nitrogens with one attached hydrogen (secondary N) is 1. The maximum atomic E-state index is 12.4. The lowest BCUT2D eigenvalue weighted by molar-refractivity contribution is -0.127. The Morgan fingerprint density at radius 1 is 1.00 bits per heavy atom. The lowest BCUT2D eigenvalue weighted by Crippen LogP contribution is -2.54. The summed E-state index contributed by atoms with van der Waals surface area (Å²) in [5.74, 6) is -0.333. The topological polar surface area (TPSA) is 66.5 Å². The molecule has 4 rings (SSSR count). The van der Waals surface area contributed by atoms with Gasteiger partial charge in [0.1, 0.15) is 5.78 Å². The number of carbonyl (C=O) groups is 3. The predicted octanol–water partition coefficient (Wildman–Crippen LogP) is 2.08. The normalized spacial score (nSPS) is 30.6. The van der Waals surface area contributed by atoms with Crippen molar-refractivity contribution in [2.45, 2.75) is 44.6 Å². The molecule has 0 saturated heterocycles. The molecule has 2 saturated carbocycles. The van der Waals surface area contributed by atoms with Crippen molar-refractivity contribution in [1.82, 2.24) is 10.4 Å². The van der Waals surface area contributed by atoms with E-state index in [2.05, 4.69) is 5.43 Å². The second-order valence-electron chi connectivity index (χ2n) is 6.50. The molecule has 0 radical (unpaired) electrons. The Bertz CT molecular complexity index is 645. The summed E-state index contributed by atoms with van der Waals surface area (Å²) in [4.78, 5) is 37.2. The maximum absolute atomic E-state index is 12.4. The first-order valence-electron chi connectivity index (χ1n) is 7.91. The van der Waals surface area contributed by atoms with Crippen LogP contribution in [0.3, 0.4) is 0 Å². The first-order valence-corrected chi connectivity index (χ1v) is 7.91. The highest BCUT2D eigenvalue weighted by molar-refractivity contribution is 6.21. The monoisotopic (exact) mass is 298 g/mol. The van der Waals surface area contributed by atoms with Crippen molar-refractivity contribution in [3.8, 4) is 0 Å². The molecule has 114 valence electrons. The molecular formula is C17H18N2O3. The molecule has 1 aromatic rings. The first kappa shape index (κ1) is 13.6. The first-order chi connectivity index (χ1) is 10.6. The van der Waals surface area contributed by atoms with Crippen LogP contribution in [0.25, 0.3) is 0 Å². The number of hydrogen-bond acceptors (Lipinski definition) is 4. The van der Waals surface area contributed by atoms with Gasteiger partial charge in [0, 0.05) is 17.9 Å². The summed E-state index contributed by atoms with van der Waals surface area (Å²) in [7, 11) is 0. The van der Waals surface area contributed by atoms with E-state index in [0.717, 1.165) is 37.1 Å². The van der Waals surface area contributed by atoms with Crippen LogP contribution in [-0.4, -0.2) is 28.6 Å². The molecule has 1 aromatic carbocycles. The summed E-state index contributed by atoms with van der Waals surface area (Å²) in [6, 6.07) is 6.74. The van der Waals surface area contributed by atoms with Crippen LogP contribution in [0.2, 0.25) is 0 Å². The molecule has 5 nitrogen and oxygen atoms in total. The number of carbonyl (C=O) groups excluding carboxylic acids is 3. The van der Waals surface area contributed by atoms with E-state index in [0.29, 0.717) is 23.3 Å². The molecule has 5 heteroatoms. The van der Waals surface area contributed by atoms with E-state index in [9.17, 15) is 14.4 Å². The molecule has 2 fully saturated rings. The van der Waals surface area contributed by atoms with E-state index in [-0.39, 0.29) is 23.3 Å². The number of Topliss-reactive ketones (excluding diaryl/α,β-unsaturated/α-hetero) is 1. The number of ketones is 1. The Morgan fingerprint density at radius 2 is 1.64 bits per heavy atom. The Labute approximate surface area is 128 Å². The number of hydrazine groups is 1. The van der Waals surface area contributed by atoms with Gasteiger partial charge in [-0.05, 0) is 37.8 Å². The minimum Gasteiger partial charge on any atom is -0.299 e. The summed E-state index contributed by atoms with van der Waals surface area (Å²) < 4.78 is 0. The number of nitrogens with zero attached hydrogens (tertiary/aromatic N) is 1. The van der Waals surface area contributed by atoms with E-state index in [1.165, 1.54) is 0 Å². The quantitative estimate of drug-likeness (QED) is 0.849. The van der Waals surface area contributed by atoms with Crippen LogP contribution in [0.1, 0.15) is 59.2 Å². The highest BCUT2D eigenvalue weighted by Gasteiger charge is 2.52. The van der Waals surface area contributed by atoms with Crippen LogP contribution in [0.15, 0.2) is 24.3 Å². The van der Waals surface area contributed by atoms with Crippen LogP contribution < -0.4 is 5.43 Å². The van der Waals surface area contributed by atoms with E-state index < -0.39 is 0 Å². The van der Waals surface area contributed by atoms with Gasteiger partial charge in [-0.1, -0.05) is 18.6 Å². The fourth-order valence-corrected chi connectivity index (χ4v) is 4.31. The Balaban J connectivity index is 1.61. The average Bonchev–Trinajstić information content (AvgIpc) is 3.17. The lowest BCUT2D eigenvalue weighted by atomic mass is 9.80. The summed E-state index contributed by atoms with van der Waals surface area (Å²) in [6.07, 6.45) is 5.07. The Kier molecular flexibility index (Phi) is 2.94. The van der Waals surface area contributed by atoms with Crippen LogP contribution >= 0.6 is 0 Å². The number of imide groups is 1. The van der Waals surface area contributed by atoms with Crippen molar-refractivity contribution in [1.29, 1.82) is 0 Å². The van der Waals surface area contributed by atoms with Crippen LogP contribution in [0.4, 0.5) is 0 Å². The van der Waals surface area contributed by atoms with Crippen molar-refractivity contribution in [2.24, 2.45) is 5.41 Å². The second kappa shape index (κ2) is 4.74. The van der Waals surface area contributed by atoms with Crippen molar-refractivity contribution >= 4 is 17.6 Å². The van der Waals surface area contributed by atoms with Gasteiger partial charge in [0.25, 0.3) is 11.8 Å². The molecule has 22 heavy (non-hydrogen) atoms. The van der Waals surface area contributed by atoms with Gasteiger partial charge in [-0.3, -0.25) is 14.4 Å². The van der Waals surface area contributed by atoms with E-state index in [4.69, 9.17) is 0 Å². The molecule has 0 aromatic heterocycles. The average molecular weight is 298 g/mol. The molecule has 3 aliphatic rings.